The second-order valence-corrected chi connectivity index (χ2v) is 5.09. The van der Waals surface area contributed by atoms with Crippen molar-refractivity contribution in [2.24, 2.45) is 11.8 Å². The van der Waals surface area contributed by atoms with Crippen molar-refractivity contribution in [2.45, 2.75) is 25.3 Å². The van der Waals surface area contributed by atoms with Crippen molar-refractivity contribution >= 4 is 12.0 Å². The highest BCUT2D eigenvalue weighted by atomic mass is 16.5. The number of amides is 2. The van der Waals surface area contributed by atoms with Gasteiger partial charge in [-0.3, -0.25) is 4.79 Å². The Hall–Kier alpha value is -2.04. The molecule has 0 aromatic rings. The fourth-order valence-electron chi connectivity index (χ4n) is 2.76. The van der Waals surface area contributed by atoms with Gasteiger partial charge in [-0.25, -0.2) is 4.79 Å². The van der Waals surface area contributed by atoms with Crippen molar-refractivity contribution in [3.63, 3.8) is 0 Å². The standard InChI is InChI=1S/C15H20N2O3/c1-3-9-20-14(18)12-10(2)16-15(19)17-13(12)11-7-5-4-6-8-11/h3-5,11-13H,1-2,6-9H2,(H2,16,17,19)/t11-,12+,13-/m0/s1. The van der Waals surface area contributed by atoms with E-state index in [1.54, 1.807) is 0 Å². The topological polar surface area (TPSA) is 67.4 Å². The van der Waals surface area contributed by atoms with Crippen LogP contribution in [0.15, 0.2) is 37.1 Å². The molecule has 1 saturated heterocycles. The van der Waals surface area contributed by atoms with E-state index in [1.165, 1.54) is 6.08 Å². The van der Waals surface area contributed by atoms with E-state index in [4.69, 9.17) is 4.74 Å². The number of nitrogens with one attached hydrogen (secondary N) is 2. The van der Waals surface area contributed by atoms with Gasteiger partial charge in [-0.1, -0.05) is 31.4 Å². The van der Waals surface area contributed by atoms with E-state index in [0.717, 1.165) is 19.3 Å². The van der Waals surface area contributed by atoms with Gasteiger partial charge in [0, 0.05) is 5.70 Å². The summed E-state index contributed by atoms with van der Waals surface area (Å²) >= 11 is 0. The zero-order valence-electron chi connectivity index (χ0n) is 11.4. The van der Waals surface area contributed by atoms with Gasteiger partial charge >= 0.3 is 12.0 Å². The molecule has 2 aliphatic rings. The van der Waals surface area contributed by atoms with E-state index in [1.807, 2.05) is 0 Å². The van der Waals surface area contributed by atoms with Gasteiger partial charge < -0.3 is 15.4 Å². The molecule has 0 aromatic heterocycles. The molecule has 0 bridgehead atoms. The fraction of sp³-hybridized carbons (Fsp3) is 0.467. The quantitative estimate of drug-likeness (QED) is 0.608. The van der Waals surface area contributed by atoms with Crippen molar-refractivity contribution in [1.82, 2.24) is 10.6 Å². The molecule has 2 N–H and O–H groups in total. The van der Waals surface area contributed by atoms with Crippen molar-refractivity contribution < 1.29 is 14.3 Å². The third-order valence-corrected chi connectivity index (χ3v) is 3.72. The number of carbonyl (C=O) groups is 2. The summed E-state index contributed by atoms with van der Waals surface area (Å²) in [7, 11) is 0. The smallest absolute Gasteiger partial charge is 0.319 e. The molecule has 20 heavy (non-hydrogen) atoms. The van der Waals surface area contributed by atoms with E-state index in [-0.39, 0.29) is 30.6 Å². The van der Waals surface area contributed by atoms with Gasteiger partial charge in [0.05, 0.1) is 6.04 Å². The Bertz CT molecular complexity index is 456. The lowest BCUT2D eigenvalue weighted by atomic mass is 9.79. The minimum absolute atomic E-state index is 0.161. The Balaban J connectivity index is 2.16. The lowest BCUT2D eigenvalue weighted by Crippen LogP contribution is -2.58. The summed E-state index contributed by atoms with van der Waals surface area (Å²) in [6.45, 7) is 7.49. The van der Waals surface area contributed by atoms with Crippen molar-refractivity contribution in [3.8, 4) is 0 Å². The zero-order chi connectivity index (χ0) is 14.5. The number of allylic oxidation sites excluding steroid dienone is 2. The van der Waals surface area contributed by atoms with Gasteiger partial charge in [0.25, 0.3) is 0 Å². The highest BCUT2D eigenvalue weighted by Gasteiger charge is 2.41. The van der Waals surface area contributed by atoms with Crippen molar-refractivity contribution in [2.75, 3.05) is 6.61 Å². The van der Waals surface area contributed by atoms with Crippen LogP contribution in [0.1, 0.15) is 19.3 Å². The van der Waals surface area contributed by atoms with Gasteiger partial charge in [0.15, 0.2) is 0 Å². The number of ether oxygens (including phenoxy) is 1. The van der Waals surface area contributed by atoms with Gasteiger partial charge in [-0.15, -0.1) is 0 Å². The molecular formula is C15H20N2O3. The first kappa shape index (κ1) is 14.4. The second-order valence-electron chi connectivity index (χ2n) is 5.09. The van der Waals surface area contributed by atoms with E-state index >= 15 is 0 Å². The fourth-order valence-corrected chi connectivity index (χ4v) is 2.76. The Kier molecular flexibility index (Phi) is 4.61. The molecule has 5 nitrogen and oxygen atoms in total. The van der Waals surface area contributed by atoms with E-state index in [0.29, 0.717) is 5.70 Å². The highest BCUT2D eigenvalue weighted by molar-refractivity contribution is 5.85. The van der Waals surface area contributed by atoms with Crippen LogP contribution in [0.2, 0.25) is 0 Å². The summed E-state index contributed by atoms with van der Waals surface area (Å²) < 4.78 is 5.13. The molecule has 1 aliphatic carbocycles. The maximum Gasteiger partial charge on any atom is 0.319 e. The number of hydrogen-bond donors (Lipinski definition) is 2. The van der Waals surface area contributed by atoms with Crippen LogP contribution < -0.4 is 10.6 Å². The predicted molar refractivity (Wildman–Crippen MR) is 75.7 cm³/mol. The molecule has 2 amide bonds. The Morgan fingerprint density at radius 3 is 2.95 bits per heavy atom. The Morgan fingerprint density at radius 2 is 2.30 bits per heavy atom. The monoisotopic (exact) mass is 276 g/mol. The summed E-state index contributed by atoms with van der Waals surface area (Å²) in [6.07, 6.45) is 8.50. The van der Waals surface area contributed by atoms with Crippen LogP contribution >= 0.6 is 0 Å². The maximum atomic E-state index is 12.2. The summed E-state index contributed by atoms with van der Waals surface area (Å²) in [6, 6.07) is -0.569. The first-order chi connectivity index (χ1) is 9.63. The average molecular weight is 276 g/mol. The maximum absolute atomic E-state index is 12.2. The van der Waals surface area contributed by atoms with Gasteiger partial charge in [0.1, 0.15) is 12.5 Å². The molecule has 5 heteroatoms. The Morgan fingerprint density at radius 1 is 1.50 bits per heavy atom. The number of rotatable bonds is 4. The normalized spacial score (nSPS) is 29.3. The van der Waals surface area contributed by atoms with Crippen LogP contribution in [0.3, 0.4) is 0 Å². The van der Waals surface area contributed by atoms with Crippen LogP contribution in [0.25, 0.3) is 0 Å². The van der Waals surface area contributed by atoms with Crippen LogP contribution in [0.4, 0.5) is 4.79 Å². The van der Waals surface area contributed by atoms with E-state index in [2.05, 4.69) is 35.9 Å². The number of esters is 1. The molecule has 0 aromatic carbocycles. The summed E-state index contributed by atoms with van der Waals surface area (Å²) in [5.41, 5.74) is 0.405. The molecule has 0 saturated carbocycles. The van der Waals surface area contributed by atoms with Gasteiger partial charge in [0.2, 0.25) is 0 Å². The first-order valence-corrected chi connectivity index (χ1v) is 6.82. The van der Waals surface area contributed by atoms with Crippen LogP contribution in [-0.2, 0) is 9.53 Å². The SMILES string of the molecule is C=CCOC(=O)[C@@H]1C(=C)NC(=O)N[C@H]1[C@H]1CC=CCC1. The molecule has 108 valence electrons. The molecule has 0 spiro atoms. The van der Waals surface area contributed by atoms with Crippen LogP contribution in [0.5, 0.6) is 0 Å². The summed E-state index contributed by atoms with van der Waals surface area (Å²) in [4.78, 5) is 23.8. The van der Waals surface area contributed by atoms with Crippen molar-refractivity contribution in [1.29, 1.82) is 0 Å². The molecular weight excluding hydrogens is 256 g/mol. The lowest BCUT2D eigenvalue weighted by Gasteiger charge is -2.38. The lowest BCUT2D eigenvalue weighted by molar-refractivity contribution is -0.147. The molecule has 2 rings (SSSR count). The largest absolute Gasteiger partial charge is 0.461 e. The molecule has 3 atom stereocenters. The zero-order valence-corrected chi connectivity index (χ0v) is 11.4. The highest BCUT2D eigenvalue weighted by Crippen LogP contribution is 2.30. The average Bonchev–Trinajstić information content (AvgIpc) is 2.45. The Labute approximate surface area is 118 Å². The van der Waals surface area contributed by atoms with Crippen LogP contribution in [0, 0.1) is 11.8 Å². The minimum Gasteiger partial charge on any atom is -0.461 e. The third kappa shape index (κ3) is 3.10. The predicted octanol–water partition coefficient (Wildman–Crippen LogP) is 1.88. The van der Waals surface area contributed by atoms with Crippen LogP contribution in [-0.4, -0.2) is 24.6 Å². The third-order valence-electron chi connectivity index (χ3n) is 3.72. The van der Waals surface area contributed by atoms with E-state index < -0.39 is 5.92 Å². The second kappa shape index (κ2) is 6.41. The molecule has 1 fully saturated rings. The summed E-state index contributed by atoms with van der Waals surface area (Å²) in [5, 5.41) is 5.42. The van der Waals surface area contributed by atoms with Gasteiger partial charge in [-0.05, 0) is 25.2 Å². The van der Waals surface area contributed by atoms with Crippen molar-refractivity contribution in [3.05, 3.63) is 37.1 Å². The summed E-state index contributed by atoms with van der Waals surface area (Å²) in [5.74, 6) is -0.699. The van der Waals surface area contributed by atoms with Gasteiger partial charge in [-0.2, -0.15) is 0 Å². The number of carbonyl (C=O) groups excluding carboxylic acids is 2. The number of hydrogen-bond acceptors (Lipinski definition) is 3. The molecule has 0 unspecified atom stereocenters. The molecule has 0 radical (unpaired) electrons. The first-order valence-electron chi connectivity index (χ1n) is 6.82. The minimum atomic E-state index is -0.552. The van der Waals surface area contributed by atoms with E-state index in [9.17, 15) is 9.59 Å². The molecule has 1 aliphatic heterocycles. The number of urea groups is 1. The molecule has 1 heterocycles.